The Morgan fingerprint density at radius 3 is 2.90 bits per heavy atom. The molecule has 0 saturated heterocycles. The van der Waals surface area contributed by atoms with Crippen LogP contribution >= 0.6 is 0 Å². The lowest BCUT2D eigenvalue weighted by molar-refractivity contribution is -0.142. The van der Waals surface area contributed by atoms with E-state index in [9.17, 15) is 19.8 Å². The monoisotopic (exact) mass is 288 g/mol. The molecule has 8 heteroatoms. The Morgan fingerprint density at radius 2 is 2.19 bits per heavy atom. The summed E-state index contributed by atoms with van der Waals surface area (Å²) in [6, 6.07) is 1.79. The van der Waals surface area contributed by atoms with Crippen LogP contribution in [0, 0.1) is 0 Å². The van der Waals surface area contributed by atoms with Crippen molar-refractivity contribution in [1.29, 1.82) is 0 Å². The van der Waals surface area contributed by atoms with Gasteiger partial charge in [-0.25, -0.2) is 14.8 Å². The average Bonchev–Trinajstić information content (AvgIpc) is 2.93. The molecule has 8 nitrogen and oxygen atoms in total. The predicted molar refractivity (Wildman–Crippen MR) is 69.5 cm³/mol. The number of imidazole rings is 1. The molecule has 21 heavy (non-hydrogen) atoms. The van der Waals surface area contributed by atoms with E-state index < -0.39 is 17.9 Å². The minimum absolute atomic E-state index is 0.0845. The number of nitrogens with zero attached hydrogens (tertiary/aromatic N) is 3. The number of hydrogen-bond acceptors (Lipinski definition) is 5. The number of carboxylic acids is 1. The maximum absolute atomic E-state index is 12.5. The van der Waals surface area contributed by atoms with Gasteiger partial charge in [0.2, 0.25) is 0 Å². The lowest BCUT2D eigenvalue weighted by Gasteiger charge is -2.32. The molecule has 1 atom stereocenters. The fourth-order valence-corrected chi connectivity index (χ4v) is 2.37. The third kappa shape index (κ3) is 2.20. The van der Waals surface area contributed by atoms with Crippen molar-refractivity contribution in [2.24, 2.45) is 0 Å². The number of aromatic nitrogens is 3. The standard InChI is InChI=1S/C13H12N4O4/c18-10-2-1-3-14-11(10)12(19)17-5-8-7(15-6-16-8)4-9(17)13(20)21/h1-3,6,9,18H,4-5H2,(H,15,16)(H,20,21). The summed E-state index contributed by atoms with van der Waals surface area (Å²) in [6.07, 6.45) is 2.96. The van der Waals surface area contributed by atoms with Crippen LogP contribution in [-0.2, 0) is 17.8 Å². The maximum Gasteiger partial charge on any atom is 0.326 e. The first-order valence-electron chi connectivity index (χ1n) is 6.27. The number of aromatic amines is 1. The second-order valence-electron chi connectivity index (χ2n) is 4.69. The summed E-state index contributed by atoms with van der Waals surface area (Å²) < 4.78 is 0. The van der Waals surface area contributed by atoms with E-state index >= 15 is 0 Å². The van der Waals surface area contributed by atoms with Crippen LogP contribution in [0.2, 0.25) is 0 Å². The Balaban J connectivity index is 1.98. The highest BCUT2D eigenvalue weighted by atomic mass is 16.4. The molecule has 0 spiro atoms. The van der Waals surface area contributed by atoms with Crippen LogP contribution in [0.1, 0.15) is 21.9 Å². The summed E-state index contributed by atoms with van der Waals surface area (Å²) in [7, 11) is 0. The van der Waals surface area contributed by atoms with E-state index in [2.05, 4.69) is 15.0 Å². The molecule has 0 aromatic carbocycles. The number of fused-ring (bicyclic) bond motifs is 1. The van der Waals surface area contributed by atoms with Gasteiger partial charge in [-0.05, 0) is 12.1 Å². The highest BCUT2D eigenvalue weighted by Crippen LogP contribution is 2.24. The molecule has 2 aromatic rings. The second-order valence-corrected chi connectivity index (χ2v) is 4.69. The number of aromatic hydroxyl groups is 1. The Labute approximate surface area is 119 Å². The number of carbonyl (C=O) groups is 2. The number of hydrogen-bond donors (Lipinski definition) is 3. The van der Waals surface area contributed by atoms with Gasteiger partial charge in [0.1, 0.15) is 11.8 Å². The number of amides is 1. The van der Waals surface area contributed by atoms with Crippen LogP contribution in [0.3, 0.4) is 0 Å². The average molecular weight is 288 g/mol. The van der Waals surface area contributed by atoms with Crippen LogP contribution in [0.15, 0.2) is 24.7 Å². The normalized spacial score (nSPS) is 17.3. The van der Waals surface area contributed by atoms with E-state index in [0.717, 1.165) is 0 Å². The Bertz CT molecular complexity index is 712. The molecule has 0 saturated carbocycles. The Hall–Kier alpha value is -2.90. The molecule has 0 aliphatic carbocycles. The van der Waals surface area contributed by atoms with E-state index in [0.29, 0.717) is 11.4 Å². The molecule has 0 radical (unpaired) electrons. The third-order valence-electron chi connectivity index (χ3n) is 3.43. The zero-order chi connectivity index (χ0) is 15.0. The predicted octanol–water partition coefficient (Wildman–Crippen LogP) is 0.162. The zero-order valence-corrected chi connectivity index (χ0v) is 10.9. The molecule has 3 N–H and O–H groups in total. The van der Waals surface area contributed by atoms with Crippen molar-refractivity contribution in [2.75, 3.05) is 0 Å². The molecule has 1 unspecified atom stereocenters. The Kier molecular flexibility index (Phi) is 3.05. The van der Waals surface area contributed by atoms with Crippen LogP contribution in [-0.4, -0.2) is 48.0 Å². The lowest BCUT2D eigenvalue weighted by atomic mass is 10.0. The second kappa shape index (κ2) is 4.89. The SMILES string of the molecule is O=C(O)C1Cc2nc[nH]c2CN1C(=O)c1ncccc1O. The minimum Gasteiger partial charge on any atom is -0.505 e. The summed E-state index contributed by atoms with van der Waals surface area (Å²) >= 11 is 0. The molecule has 108 valence electrons. The van der Waals surface area contributed by atoms with E-state index in [1.165, 1.54) is 29.6 Å². The fraction of sp³-hybridized carbons (Fsp3) is 0.231. The van der Waals surface area contributed by atoms with Crippen molar-refractivity contribution < 1.29 is 19.8 Å². The van der Waals surface area contributed by atoms with E-state index in [-0.39, 0.29) is 24.4 Å². The molecule has 0 bridgehead atoms. The van der Waals surface area contributed by atoms with Crippen molar-refractivity contribution in [1.82, 2.24) is 19.9 Å². The first-order valence-corrected chi connectivity index (χ1v) is 6.27. The summed E-state index contributed by atoms with van der Waals surface area (Å²) in [5.41, 5.74) is 1.17. The van der Waals surface area contributed by atoms with Crippen molar-refractivity contribution >= 4 is 11.9 Å². The van der Waals surface area contributed by atoms with Crippen LogP contribution in [0.5, 0.6) is 5.75 Å². The van der Waals surface area contributed by atoms with Crippen molar-refractivity contribution in [3.05, 3.63) is 41.7 Å². The molecule has 1 aliphatic heterocycles. The number of H-pyrrole nitrogens is 1. The van der Waals surface area contributed by atoms with Gasteiger partial charge in [-0.3, -0.25) is 4.79 Å². The first-order chi connectivity index (χ1) is 10.1. The van der Waals surface area contributed by atoms with E-state index in [4.69, 9.17) is 0 Å². The highest BCUT2D eigenvalue weighted by molar-refractivity contribution is 5.97. The van der Waals surface area contributed by atoms with E-state index in [1.54, 1.807) is 0 Å². The largest absolute Gasteiger partial charge is 0.505 e. The Morgan fingerprint density at radius 1 is 1.38 bits per heavy atom. The quantitative estimate of drug-likeness (QED) is 0.724. The van der Waals surface area contributed by atoms with Crippen molar-refractivity contribution in [3.63, 3.8) is 0 Å². The smallest absolute Gasteiger partial charge is 0.326 e. The van der Waals surface area contributed by atoms with Gasteiger partial charge in [-0.1, -0.05) is 0 Å². The summed E-state index contributed by atoms with van der Waals surface area (Å²) in [5.74, 6) is -2.02. The molecule has 1 aliphatic rings. The van der Waals surface area contributed by atoms with Gasteiger partial charge in [0.15, 0.2) is 5.69 Å². The van der Waals surface area contributed by atoms with Crippen molar-refractivity contribution in [2.45, 2.75) is 19.0 Å². The fourth-order valence-electron chi connectivity index (χ4n) is 2.37. The van der Waals surface area contributed by atoms with Crippen LogP contribution < -0.4 is 0 Å². The lowest BCUT2D eigenvalue weighted by Crippen LogP contribution is -2.49. The zero-order valence-electron chi connectivity index (χ0n) is 10.9. The first kappa shape index (κ1) is 13.1. The number of pyridine rings is 1. The molecule has 1 amide bonds. The number of carbonyl (C=O) groups excluding carboxylic acids is 1. The summed E-state index contributed by atoms with van der Waals surface area (Å²) in [5, 5.41) is 19.0. The van der Waals surface area contributed by atoms with Crippen molar-refractivity contribution in [3.8, 4) is 5.75 Å². The third-order valence-corrected chi connectivity index (χ3v) is 3.43. The van der Waals surface area contributed by atoms with Gasteiger partial charge >= 0.3 is 5.97 Å². The van der Waals surface area contributed by atoms with Gasteiger partial charge in [0.25, 0.3) is 5.91 Å². The number of rotatable bonds is 2. The van der Waals surface area contributed by atoms with Gasteiger partial charge < -0.3 is 20.1 Å². The molecule has 3 heterocycles. The molecule has 2 aromatic heterocycles. The number of nitrogens with one attached hydrogen (secondary N) is 1. The maximum atomic E-state index is 12.5. The van der Waals surface area contributed by atoms with E-state index in [1.807, 2.05) is 0 Å². The van der Waals surface area contributed by atoms with Gasteiger partial charge in [0.05, 0.1) is 24.3 Å². The van der Waals surface area contributed by atoms with Gasteiger partial charge in [-0.2, -0.15) is 0 Å². The molecule has 0 fully saturated rings. The molecule has 3 rings (SSSR count). The summed E-state index contributed by atoms with van der Waals surface area (Å²) in [6.45, 7) is 0.0845. The van der Waals surface area contributed by atoms with Crippen LogP contribution in [0.25, 0.3) is 0 Å². The van der Waals surface area contributed by atoms with Crippen LogP contribution in [0.4, 0.5) is 0 Å². The topological polar surface area (TPSA) is 119 Å². The highest BCUT2D eigenvalue weighted by Gasteiger charge is 2.37. The molecular formula is C13H12N4O4. The summed E-state index contributed by atoms with van der Waals surface area (Å²) in [4.78, 5) is 35.8. The molecular weight excluding hydrogens is 276 g/mol. The van der Waals surface area contributed by atoms with Gasteiger partial charge in [0, 0.05) is 12.6 Å². The number of carboxylic acid groups (broad SMARTS) is 1. The van der Waals surface area contributed by atoms with Gasteiger partial charge in [-0.15, -0.1) is 0 Å². The number of aliphatic carboxylic acids is 1. The minimum atomic E-state index is -1.12.